The second kappa shape index (κ2) is 2.38. The molecule has 0 unspecified atom stereocenters. The lowest BCUT2D eigenvalue weighted by Gasteiger charge is -1.95. The van der Waals surface area contributed by atoms with Crippen LogP contribution < -0.4 is 10.8 Å². The summed E-state index contributed by atoms with van der Waals surface area (Å²) in [4.78, 5) is 3.15. The van der Waals surface area contributed by atoms with Gasteiger partial charge in [0.2, 0.25) is 0 Å². The van der Waals surface area contributed by atoms with Gasteiger partial charge in [0.15, 0.2) is 6.54 Å². The van der Waals surface area contributed by atoms with Crippen LogP contribution in [0.4, 0.5) is 0 Å². The van der Waals surface area contributed by atoms with Gasteiger partial charge < -0.3 is 10.8 Å². The molecular formula is C3H6N2O. The van der Waals surface area contributed by atoms with Gasteiger partial charge in [0.1, 0.15) is 0 Å². The maximum absolute atomic E-state index is 9.61. The first-order valence-corrected chi connectivity index (χ1v) is 1.53. The highest BCUT2D eigenvalue weighted by atomic mass is 16.3. The Morgan fingerprint density at radius 1 is 2.00 bits per heavy atom. The molecule has 3 nitrogen and oxygen atoms in total. The summed E-state index contributed by atoms with van der Waals surface area (Å²) in [5, 5.41) is 9.61. The lowest BCUT2D eigenvalue weighted by molar-refractivity contribution is -0.217. The number of nitrogens with zero attached hydrogens (tertiary/aromatic N) is 1. The van der Waals surface area contributed by atoms with Crippen molar-refractivity contribution in [3.05, 3.63) is 6.92 Å². The van der Waals surface area contributed by atoms with Gasteiger partial charge in [0.25, 0.3) is 0 Å². The molecule has 0 bridgehead atoms. The van der Waals surface area contributed by atoms with Crippen molar-refractivity contribution in [1.82, 2.24) is 0 Å². The predicted molar refractivity (Wildman–Crippen MR) is 21.8 cm³/mol. The maximum atomic E-state index is 9.61. The third-order valence-electron chi connectivity index (χ3n) is 0.268. The molecule has 2 N–H and O–H groups in total. The first-order chi connectivity index (χ1) is 2.77. The van der Waals surface area contributed by atoms with Crippen molar-refractivity contribution in [1.29, 1.82) is 0 Å². The fourth-order valence-electron chi connectivity index (χ4n) is 0.110. The number of amidine groups is 1. The maximum Gasteiger partial charge on any atom is 0.176 e. The molecule has 0 aromatic rings. The Kier molecular flexibility index (Phi) is 2.04. The molecule has 0 atom stereocenters. The normalized spacial score (nSPS) is 11.7. The minimum Gasteiger partial charge on any atom is -0.846 e. The summed E-state index contributed by atoms with van der Waals surface area (Å²) in [6.45, 7) is 3.49. The van der Waals surface area contributed by atoms with Gasteiger partial charge in [0, 0.05) is 6.02 Å². The zero-order valence-corrected chi connectivity index (χ0v) is 3.35. The topological polar surface area (TPSA) is 61.4 Å². The van der Waals surface area contributed by atoms with Crippen LogP contribution in [0, 0.1) is 6.92 Å². The molecule has 0 aromatic heterocycles. The van der Waals surface area contributed by atoms with Crippen LogP contribution in [0.15, 0.2) is 4.99 Å². The van der Waals surface area contributed by atoms with Crippen molar-refractivity contribution in [3.8, 4) is 0 Å². The van der Waals surface area contributed by atoms with Crippen LogP contribution in [0.2, 0.25) is 0 Å². The van der Waals surface area contributed by atoms with Crippen molar-refractivity contribution in [3.63, 3.8) is 0 Å². The largest absolute Gasteiger partial charge is 0.846 e. The quantitative estimate of drug-likeness (QED) is 0.240. The van der Waals surface area contributed by atoms with Gasteiger partial charge >= 0.3 is 0 Å². The molecule has 0 fully saturated rings. The van der Waals surface area contributed by atoms with Crippen LogP contribution >= 0.6 is 0 Å². The summed E-state index contributed by atoms with van der Waals surface area (Å²) >= 11 is 0. The standard InChI is InChI=1S/C3H6N2O/c1-2-5-3(4)6/h1-2H2,(H2-,4,5,6). The molecule has 34 valence electrons. The molecular weight excluding hydrogens is 80.0 g/mol. The summed E-state index contributed by atoms with van der Waals surface area (Å²) in [6.07, 6.45) is 0. The lowest BCUT2D eigenvalue weighted by atomic mass is 10.8. The Balaban J connectivity index is 3.14. The van der Waals surface area contributed by atoms with E-state index >= 15 is 0 Å². The van der Waals surface area contributed by atoms with E-state index in [-0.39, 0.29) is 6.54 Å². The van der Waals surface area contributed by atoms with Crippen molar-refractivity contribution in [2.45, 2.75) is 0 Å². The third kappa shape index (κ3) is 3.14. The minimum atomic E-state index is -0.648. The van der Waals surface area contributed by atoms with Gasteiger partial charge in [0.05, 0.1) is 6.92 Å². The molecule has 0 aliphatic carbocycles. The predicted octanol–water partition coefficient (Wildman–Crippen LogP) is -1.50. The second-order valence-electron chi connectivity index (χ2n) is 0.720. The van der Waals surface area contributed by atoms with E-state index in [4.69, 9.17) is 0 Å². The Morgan fingerprint density at radius 2 is 2.50 bits per heavy atom. The summed E-state index contributed by atoms with van der Waals surface area (Å²) in [7, 11) is 0. The van der Waals surface area contributed by atoms with E-state index in [1.807, 2.05) is 0 Å². The van der Waals surface area contributed by atoms with Gasteiger partial charge in [-0.15, -0.1) is 0 Å². The summed E-state index contributed by atoms with van der Waals surface area (Å²) in [5.74, 6) is 0. The smallest absolute Gasteiger partial charge is 0.176 e. The van der Waals surface area contributed by atoms with Gasteiger partial charge in [-0.25, -0.2) is 4.99 Å². The molecule has 0 heterocycles. The van der Waals surface area contributed by atoms with E-state index in [0.717, 1.165) is 0 Å². The number of hydrogen-bond acceptors (Lipinski definition) is 2. The van der Waals surface area contributed by atoms with Crippen molar-refractivity contribution in [2.24, 2.45) is 10.7 Å². The zero-order chi connectivity index (χ0) is 4.99. The fourth-order valence-corrected chi connectivity index (χ4v) is 0.110. The van der Waals surface area contributed by atoms with Crippen LogP contribution in [0.5, 0.6) is 0 Å². The van der Waals surface area contributed by atoms with E-state index in [9.17, 15) is 5.11 Å². The van der Waals surface area contributed by atoms with Crippen LogP contribution in [-0.4, -0.2) is 12.6 Å². The average Bonchev–Trinajstić information content (AvgIpc) is 1.35. The number of rotatable bonds is 1. The Hall–Kier alpha value is -0.860. The van der Waals surface area contributed by atoms with E-state index < -0.39 is 6.02 Å². The molecule has 0 spiro atoms. The monoisotopic (exact) mass is 86.0 g/mol. The molecule has 0 saturated heterocycles. The fraction of sp³-hybridized carbons (Fsp3) is 0.333. The highest BCUT2D eigenvalue weighted by molar-refractivity contribution is 5.66. The average molecular weight is 86.1 g/mol. The Bertz CT molecular complexity index is 55.8. The molecule has 0 rings (SSSR count). The second-order valence-corrected chi connectivity index (χ2v) is 0.720. The lowest BCUT2D eigenvalue weighted by Crippen LogP contribution is -2.27. The van der Waals surface area contributed by atoms with Crippen LogP contribution in [-0.2, 0) is 0 Å². The molecule has 0 amide bonds. The van der Waals surface area contributed by atoms with E-state index in [1.165, 1.54) is 0 Å². The van der Waals surface area contributed by atoms with Gasteiger partial charge in [-0.3, -0.25) is 0 Å². The highest BCUT2D eigenvalue weighted by Crippen LogP contribution is 1.56. The molecule has 0 aromatic carbocycles. The zero-order valence-electron chi connectivity index (χ0n) is 3.35. The molecule has 6 heavy (non-hydrogen) atoms. The summed E-state index contributed by atoms with van der Waals surface area (Å²) < 4.78 is 0. The van der Waals surface area contributed by atoms with Gasteiger partial charge in [-0.2, -0.15) is 0 Å². The minimum absolute atomic E-state index is 0.231. The molecule has 0 aliphatic heterocycles. The number of hydrogen-bond donors (Lipinski definition) is 1. The van der Waals surface area contributed by atoms with Crippen molar-refractivity contribution in [2.75, 3.05) is 6.54 Å². The first-order valence-electron chi connectivity index (χ1n) is 1.53. The number of aliphatic imine (C=N–C) groups is 1. The van der Waals surface area contributed by atoms with E-state index in [0.29, 0.717) is 0 Å². The molecule has 3 heteroatoms. The first kappa shape index (κ1) is 5.14. The Morgan fingerprint density at radius 3 is 2.50 bits per heavy atom. The van der Waals surface area contributed by atoms with Crippen molar-refractivity contribution < 1.29 is 5.11 Å². The van der Waals surface area contributed by atoms with E-state index in [2.05, 4.69) is 17.6 Å². The van der Waals surface area contributed by atoms with Crippen molar-refractivity contribution >= 4 is 6.02 Å². The third-order valence-corrected chi connectivity index (χ3v) is 0.268. The summed E-state index contributed by atoms with van der Waals surface area (Å²) in [6, 6.07) is -0.648. The molecule has 0 saturated carbocycles. The van der Waals surface area contributed by atoms with Gasteiger partial charge in [-0.1, -0.05) is 0 Å². The summed E-state index contributed by atoms with van der Waals surface area (Å²) in [5.41, 5.74) is 4.56. The molecule has 0 radical (unpaired) electrons. The van der Waals surface area contributed by atoms with Crippen LogP contribution in [0.3, 0.4) is 0 Å². The highest BCUT2D eigenvalue weighted by Gasteiger charge is 1.66. The SMILES string of the molecule is [CH2+]CN=C(N)[O-]. The number of nitrogens with two attached hydrogens (primary N) is 1. The van der Waals surface area contributed by atoms with Crippen LogP contribution in [0.1, 0.15) is 0 Å². The van der Waals surface area contributed by atoms with Gasteiger partial charge in [-0.05, 0) is 0 Å². The Labute approximate surface area is 36.5 Å². The van der Waals surface area contributed by atoms with Crippen LogP contribution in [0.25, 0.3) is 0 Å². The van der Waals surface area contributed by atoms with E-state index in [1.54, 1.807) is 0 Å². The molecule has 0 aliphatic rings.